The summed E-state index contributed by atoms with van der Waals surface area (Å²) in [5.41, 5.74) is 3.63. The Morgan fingerprint density at radius 1 is 1.26 bits per heavy atom. The summed E-state index contributed by atoms with van der Waals surface area (Å²) < 4.78 is 0. The van der Waals surface area contributed by atoms with E-state index in [9.17, 15) is 4.79 Å². The van der Waals surface area contributed by atoms with E-state index in [2.05, 4.69) is 23.7 Å². The van der Waals surface area contributed by atoms with Gasteiger partial charge in [0.2, 0.25) is 0 Å². The first-order chi connectivity index (χ1) is 11.2. The maximum Gasteiger partial charge on any atom is 0.279 e. The Hall–Kier alpha value is -1.65. The Bertz CT molecular complexity index is 702. The summed E-state index contributed by atoms with van der Waals surface area (Å²) in [5, 5.41) is 5.27. The van der Waals surface area contributed by atoms with Crippen LogP contribution in [0.3, 0.4) is 0 Å². The van der Waals surface area contributed by atoms with Crippen LogP contribution in [0.5, 0.6) is 0 Å². The van der Waals surface area contributed by atoms with Crippen molar-refractivity contribution in [2.75, 3.05) is 18.4 Å². The number of quaternary nitrogens is 1. The molecule has 1 aromatic heterocycles. The van der Waals surface area contributed by atoms with Crippen LogP contribution in [0.25, 0.3) is 0 Å². The number of hydrogen-bond donors (Lipinski definition) is 2. The van der Waals surface area contributed by atoms with Gasteiger partial charge in [-0.25, -0.2) is 0 Å². The van der Waals surface area contributed by atoms with Crippen LogP contribution in [-0.4, -0.2) is 19.0 Å². The van der Waals surface area contributed by atoms with Gasteiger partial charge in [0.25, 0.3) is 5.91 Å². The molecular weight excluding hydrogens is 304 g/mol. The number of thiophene rings is 1. The monoisotopic (exact) mass is 327 g/mol. The van der Waals surface area contributed by atoms with Crippen molar-refractivity contribution < 1.29 is 9.69 Å². The Morgan fingerprint density at radius 3 is 2.78 bits per heavy atom. The van der Waals surface area contributed by atoms with Crippen molar-refractivity contribution in [3.8, 4) is 0 Å². The third kappa shape index (κ3) is 3.19. The molecule has 1 aliphatic carbocycles. The average Bonchev–Trinajstić information content (AvgIpc) is 3.26. The molecule has 1 aromatic carbocycles. The van der Waals surface area contributed by atoms with E-state index in [4.69, 9.17) is 0 Å². The standard InChI is InChI=1S/C19H22N2OS/c1-13-2-6-15(7-3-13)20-18(22)12-21-10-8-17-16(9-11-23-17)19(21)14-4-5-14/h2-3,6-7,9,11,14,19H,4-5,8,10,12H2,1H3,(H,20,22)/p+1/t19-/m0/s1. The molecule has 1 amide bonds. The fourth-order valence-corrected chi connectivity index (χ4v) is 4.67. The molecule has 3 nitrogen and oxygen atoms in total. The molecule has 0 saturated heterocycles. The van der Waals surface area contributed by atoms with Gasteiger partial charge >= 0.3 is 0 Å². The van der Waals surface area contributed by atoms with E-state index in [1.165, 1.54) is 28.9 Å². The Balaban J connectivity index is 1.45. The number of carbonyl (C=O) groups excluding carboxylic acids is 1. The van der Waals surface area contributed by atoms with Crippen LogP contribution in [0, 0.1) is 12.8 Å². The molecule has 4 heteroatoms. The number of rotatable bonds is 4. The summed E-state index contributed by atoms with van der Waals surface area (Å²) in [6, 6.07) is 10.9. The predicted octanol–water partition coefficient (Wildman–Crippen LogP) is 2.59. The van der Waals surface area contributed by atoms with Crippen molar-refractivity contribution in [3.63, 3.8) is 0 Å². The van der Waals surface area contributed by atoms with Crippen LogP contribution in [-0.2, 0) is 11.2 Å². The molecule has 0 spiro atoms. The Morgan fingerprint density at radius 2 is 2.04 bits per heavy atom. The number of anilines is 1. The molecule has 2 N–H and O–H groups in total. The van der Waals surface area contributed by atoms with E-state index in [0.717, 1.165) is 24.6 Å². The zero-order valence-corrected chi connectivity index (χ0v) is 14.3. The highest BCUT2D eigenvalue weighted by atomic mass is 32.1. The molecule has 1 aliphatic heterocycles. The lowest BCUT2D eigenvalue weighted by Crippen LogP contribution is -3.14. The van der Waals surface area contributed by atoms with Crippen LogP contribution >= 0.6 is 11.3 Å². The summed E-state index contributed by atoms with van der Waals surface area (Å²) in [7, 11) is 0. The van der Waals surface area contributed by atoms with Gasteiger partial charge in [-0.3, -0.25) is 4.79 Å². The van der Waals surface area contributed by atoms with Crippen molar-refractivity contribution in [1.82, 2.24) is 0 Å². The zero-order valence-electron chi connectivity index (χ0n) is 13.5. The molecule has 1 saturated carbocycles. The van der Waals surface area contributed by atoms with Gasteiger partial charge in [-0.2, -0.15) is 0 Å². The summed E-state index contributed by atoms with van der Waals surface area (Å²) in [5.74, 6) is 0.916. The number of aryl methyl sites for hydroxylation is 1. The quantitative estimate of drug-likeness (QED) is 0.889. The first-order valence-corrected chi connectivity index (χ1v) is 9.36. The van der Waals surface area contributed by atoms with E-state index in [0.29, 0.717) is 12.6 Å². The third-order valence-corrected chi connectivity index (χ3v) is 6.04. The van der Waals surface area contributed by atoms with E-state index in [-0.39, 0.29) is 5.91 Å². The van der Waals surface area contributed by atoms with Crippen LogP contribution in [0.4, 0.5) is 5.69 Å². The summed E-state index contributed by atoms with van der Waals surface area (Å²) in [6.45, 7) is 3.71. The van der Waals surface area contributed by atoms with Gasteiger partial charge < -0.3 is 10.2 Å². The van der Waals surface area contributed by atoms with Gasteiger partial charge in [0.1, 0.15) is 6.04 Å². The molecule has 120 valence electrons. The largest absolute Gasteiger partial charge is 0.321 e. The zero-order chi connectivity index (χ0) is 15.8. The third-order valence-electron chi connectivity index (χ3n) is 5.04. The maximum absolute atomic E-state index is 12.5. The molecule has 0 bridgehead atoms. The molecule has 2 aromatic rings. The number of carbonyl (C=O) groups is 1. The lowest BCUT2D eigenvalue weighted by atomic mass is 9.96. The van der Waals surface area contributed by atoms with Crippen LogP contribution in [0.1, 0.15) is 34.9 Å². The minimum absolute atomic E-state index is 0.133. The minimum atomic E-state index is 0.133. The molecule has 2 heterocycles. The van der Waals surface area contributed by atoms with E-state index < -0.39 is 0 Å². The molecule has 2 aliphatic rings. The van der Waals surface area contributed by atoms with Crippen molar-refractivity contribution in [3.05, 3.63) is 51.7 Å². The summed E-state index contributed by atoms with van der Waals surface area (Å²) in [4.78, 5) is 15.5. The molecule has 2 atom stereocenters. The second kappa shape index (κ2) is 6.10. The lowest BCUT2D eigenvalue weighted by Gasteiger charge is -2.32. The fraction of sp³-hybridized carbons (Fsp3) is 0.421. The second-order valence-electron chi connectivity index (χ2n) is 6.86. The Labute approximate surface area is 141 Å². The van der Waals surface area contributed by atoms with Gasteiger partial charge in [0.15, 0.2) is 6.54 Å². The molecule has 1 fully saturated rings. The van der Waals surface area contributed by atoms with Crippen LogP contribution in [0.15, 0.2) is 35.7 Å². The number of fused-ring (bicyclic) bond motifs is 1. The minimum Gasteiger partial charge on any atom is -0.321 e. The van der Waals surface area contributed by atoms with Gasteiger partial charge in [0, 0.05) is 28.5 Å². The van der Waals surface area contributed by atoms with E-state index in [1.807, 2.05) is 35.6 Å². The van der Waals surface area contributed by atoms with Gasteiger partial charge in [-0.05, 0) is 43.3 Å². The van der Waals surface area contributed by atoms with Crippen LogP contribution in [0.2, 0.25) is 0 Å². The van der Waals surface area contributed by atoms with Crippen LogP contribution < -0.4 is 10.2 Å². The molecule has 0 radical (unpaired) electrons. The molecule has 23 heavy (non-hydrogen) atoms. The smallest absolute Gasteiger partial charge is 0.279 e. The second-order valence-corrected chi connectivity index (χ2v) is 7.86. The number of hydrogen-bond acceptors (Lipinski definition) is 2. The van der Waals surface area contributed by atoms with Gasteiger partial charge in [-0.1, -0.05) is 17.7 Å². The molecule has 1 unspecified atom stereocenters. The highest BCUT2D eigenvalue weighted by Gasteiger charge is 2.43. The van der Waals surface area contributed by atoms with Gasteiger partial charge in [-0.15, -0.1) is 11.3 Å². The topological polar surface area (TPSA) is 33.5 Å². The van der Waals surface area contributed by atoms with Gasteiger partial charge in [0.05, 0.1) is 6.54 Å². The number of nitrogens with one attached hydrogen (secondary N) is 2. The number of amides is 1. The normalized spacial score (nSPS) is 23.3. The Kier molecular flexibility index (Phi) is 3.95. The van der Waals surface area contributed by atoms with Crippen molar-refractivity contribution in [1.29, 1.82) is 0 Å². The van der Waals surface area contributed by atoms with Crippen molar-refractivity contribution >= 4 is 22.9 Å². The van der Waals surface area contributed by atoms with E-state index in [1.54, 1.807) is 4.88 Å². The van der Waals surface area contributed by atoms with Crippen molar-refractivity contribution in [2.45, 2.75) is 32.2 Å². The van der Waals surface area contributed by atoms with E-state index >= 15 is 0 Å². The molecular formula is C19H23N2OS+. The first kappa shape index (κ1) is 14.9. The summed E-state index contributed by atoms with van der Waals surface area (Å²) >= 11 is 1.89. The van der Waals surface area contributed by atoms with Crippen molar-refractivity contribution in [2.24, 2.45) is 5.92 Å². The SMILES string of the molecule is Cc1ccc(NC(=O)C[NH+]2CCc3sccc3[C@@H]2C2CC2)cc1. The maximum atomic E-state index is 12.5. The summed E-state index contributed by atoms with van der Waals surface area (Å²) in [6.07, 6.45) is 3.76. The predicted molar refractivity (Wildman–Crippen MR) is 94.0 cm³/mol. The lowest BCUT2D eigenvalue weighted by molar-refractivity contribution is -0.928. The highest BCUT2D eigenvalue weighted by Crippen LogP contribution is 2.42. The highest BCUT2D eigenvalue weighted by molar-refractivity contribution is 7.10. The fourth-order valence-electron chi connectivity index (χ4n) is 3.74. The molecule has 4 rings (SSSR count). The average molecular weight is 327 g/mol. The number of benzene rings is 1. The first-order valence-electron chi connectivity index (χ1n) is 8.48.